The predicted octanol–water partition coefficient (Wildman–Crippen LogP) is 4.93. The minimum atomic E-state index is -0.201. The first kappa shape index (κ1) is 12.2. The third-order valence-electron chi connectivity index (χ3n) is 3.08. The number of fused-ring (bicyclic) bond motifs is 1. The lowest BCUT2D eigenvalue weighted by Crippen LogP contribution is -1.95. The predicted molar refractivity (Wildman–Crippen MR) is 77.3 cm³/mol. The molecule has 3 rings (SSSR count). The lowest BCUT2D eigenvalue weighted by molar-refractivity contribution is 0.307. The Balaban J connectivity index is 1.80. The van der Waals surface area contributed by atoms with Crippen LogP contribution in [0.15, 0.2) is 47.8 Å². The highest BCUT2D eigenvalue weighted by atomic mass is 32.1. The summed E-state index contributed by atoms with van der Waals surface area (Å²) < 4.78 is 20.2. The highest BCUT2D eigenvalue weighted by Crippen LogP contribution is 2.27. The highest BCUT2D eigenvalue weighted by Gasteiger charge is 2.05. The second kappa shape index (κ2) is 5.02. The molecule has 1 aromatic heterocycles. The van der Waals surface area contributed by atoms with Gasteiger partial charge >= 0.3 is 0 Å². The summed E-state index contributed by atoms with van der Waals surface area (Å²) in [4.78, 5) is 0. The van der Waals surface area contributed by atoms with Crippen molar-refractivity contribution in [2.24, 2.45) is 0 Å². The average Bonchev–Trinajstić information content (AvgIpc) is 2.83. The Labute approximate surface area is 115 Å². The Morgan fingerprint density at radius 2 is 2.00 bits per heavy atom. The maximum absolute atomic E-state index is 13.2. The molecule has 3 heteroatoms. The summed E-state index contributed by atoms with van der Waals surface area (Å²) in [5.74, 6) is 0.502. The van der Waals surface area contributed by atoms with Crippen LogP contribution in [0, 0.1) is 12.7 Å². The van der Waals surface area contributed by atoms with Gasteiger partial charge in [0.05, 0.1) is 0 Å². The van der Waals surface area contributed by atoms with Crippen LogP contribution < -0.4 is 4.74 Å². The second-order valence-electron chi connectivity index (χ2n) is 4.46. The fourth-order valence-electron chi connectivity index (χ4n) is 2.01. The molecule has 0 radical (unpaired) electrons. The Bertz CT molecular complexity index is 718. The summed E-state index contributed by atoms with van der Waals surface area (Å²) in [6, 6.07) is 13.1. The largest absolute Gasteiger partial charge is 0.489 e. The first-order chi connectivity index (χ1) is 9.24. The summed E-state index contributed by atoms with van der Waals surface area (Å²) in [5.41, 5.74) is 1.77. The third-order valence-corrected chi connectivity index (χ3v) is 4.10. The summed E-state index contributed by atoms with van der Waals surface area (Å²) in [6.45, 7) is 2.25. The second-order valence-corrected chi connectivity index (χ2v) is 5.37. The maximum atomic E-state index is 13.2. The van der Waals surface area contributed by atoms with Crippen LogP contribution in [0.1, 0.15) is 11.1 Å². The fraction of sp³-hybridized carbons (Fsp3) is 0.125. The van der Waals surface area contributed by atoms with Gasteiger partial charge in [0.25, 0.3) is 0 Å². The Morgan fingerprint density at radius 3 is 2.84 bits per heavy atom. The lowest BCUT2D eigenvalue weighted by Gasteiger charge is -2.06. The van der Waals surface area contributed by atoms with E-state index < -0.39 is 0 Å². The first-order valence-electron chi connectivity index (χ1n) is 6.08. The normalized spacial score (nSPS) is 10.8. The summed E-state index contributed by atoms with van der Waals surface area (Å²) in [6.07, 6.45) is 0. The van der Waals surface area contributed by atoms with E-state index >= 15 is 0 Å². The van der Waals surface area contributed by atoms with Gasteiger partial charge in [-0.3, -0.25) is 0 Å². The van der Waals surface area contributed by atoms with Crippen LogP contribution >= 0.6 is 11.3 Å². The van der Waals surface area contributed by atoms with Crippen molar-refractivity contribution in [3.8, 4) is 5.75 Å². The standard InChI is InChI=1S/C16H13FOS/c1-11-8-13(6-7-15(11)17)18-9-12-10-19-16-5-3-2-4-14(12)16/h2-8,10H,9H2,1H3. The van der Waals surface area contributed by atoms with E-state index in [9.17, 15) is 4.39 Å². The zero-order valence-corrected chi connectivity index (χ0v) is 11.3. The summed E-state index contributed by atoms with van der Waals surface area (Å²) in [7, 11) is 0. The third kappa shape index (κ3) is 2.47. The molecule has 19 heavy (non-hydrogen) atoms. The van der Waals surface area contributed by atoms with Gasteiger partial charge in [0.2, 0.25) is 0 Å². The van der Waals surface area contributed by atoms with E-state index in [1.165, 1.54) is 21.7 Å². The molecule has 3 aromatic rings. The smallest absolute Gasteiger partial charge is 0.126 e. The van der Waals surface area contributed by atoms with Crippen LogP contribution in [0.4, 0.5) is 4.39 Å². The molecule has 0 unspecified atom stereocenters. The van der Waals surface area contributed by atoms with Crippen LogP contribution in [0.3, 0.4) is 0 Å². The number of aryl methyl sites for hydroxylation is 1. The molecule has 0 aliphatic rings. The van der Waals surface area contributed by atoms with Gasteiger partial charge < -0.3 is 4.74 Å². The maximum Gasteiger partial charge on any atom is 0.126 e. The fourth-order valence-corrected chi connectivity index (χ4v) is 2.96. The van der Waals surface area contributed by atoms with Gasteiger partial charge in [-0.25, -0.2) is 4.39 Å². The van der Waals surface area contributed by atoms with Gasteiger partial charge in [0.15, 0.2) is 0 Å². The van der Waals surface area contributed by atoms with E-state index in [4.69, 9.17) is 4.74 Å². The molecular formula is C16H13FOS. The molecule has 96 valence electrons. The van der Waals surface area contributed by atoms with Crippen molar-refractivity contribution in [3.05, 3.63) is 64.8 Å². The monoisotopic (exact) mass is 272 g/mol. The van der Waals surface area contributed by atoms with Crippen molar-refractivity contribution >= 4 is 21.4 Å². The van der Waals surface area contributed by atoms with Gasteiger partial charge in [0.1, 0.15) is 18.2 Å². The lowest BCUT2D eigenvalue weighted by atomic mass is 10.2. The molecule has 0 amide bonds. The number of ether oxygens (including phenoxy) is 1. The SMILES string of the molecule is Cc1cc(OCc2csc3ccccc23)ccc1F. The molecule has 0 atom stereocenters. The number of rotatable bonds is 3. The van der Waals surface area contributed by atoms with Crippen LogP contribution in [-0.4, -0.2) is 0 Å². The van der Waals surface area contributed by atoms with E-state index in [2.05, 4.69) is 17.5 Å². The summed E-state index contributed by atoms with van der Waals surface area (Å²) in [5, 5.41) is 3.34. The molecular weight excluding hydrogens is 259 g/mol. The van der Waals surface area contributed by atoms with Gasteiger partial charge in [-0.15, -0.1) is 11.3 Å². The van der Waals surface area contributed by atoms with Crippen LogP contribution in [0.5, 0.6) is 5.75 Å². The molecule has 0 N–H and O–H groups in total. The molecule has 0 fully saturated rings. The molecule has 0 aliphatic carbocycles. The zero-order chi connectivity index (χ0) is 13.2. The van der Waals surface area contributed by atoms with Crippen molar-refractivity contribution < 1.29 is 9.13 Å². The van der Waals surface area contributed by atoms with Crippen LogP contribution in [0.25, 0.3) is 10.1 Å². The number of benzene rings is 2. The minimum Gasteiger partial charge on any atom is -0.489 e. The van der Waals surface area contributed by atoms with E-state index in [-0.39, 0.29) is 5.82 Å². The minimum absolute atomic E-state index is 0.201. The highest BCUT2D eigenvalue weighted by molar-refractivity contribution is 7.17. The van der Waals surface area contributed by atoms with Crippen molar-refractivity contribution in [2.75, 3.05) is 0 Å². The van der Waals surface area contributed by atoms with E-state index in [1.54, 1.807) is 30.4 Å². The molecule has 0 spiro atoms. The van der Waals surface area contributed by atoms with Gasteiger partial charge in [-0.2, -0.15) is 0 Å². The van der Waals surface area contributed by atoms with Crippen LogP contribution in [-0.2, 0) is 6.61 Å². The average molecular weight is 272 g/mol. The number of hydrogen-bond donors (Lipinski definition) is 0. The van der Waals surface area contributed by atoms with Gasteiger partial charge in [-0.1, -0.05) is 18.2 Å². The number of hydrogen-bond acceptors (Lipinski definition) is 2. The molecule has 2 aromatic carbocycles. The van der Waals surface area contributed by atoms with Gasteiger partial charge in [0, 0.05) is 10.3 Å². The molecule has 0 bridgehead atoms. The molecule has 0 saturated carbocycles. The molecule has 1 nitrogen and oxygen atoms in total. The molecule has 1 heterocycles. The first-order valence-corrected chi connectivity index (χ1v) is 6.96. The summed E-state index contributed by atoms with van der Waals surface area (Å²) >= 11 is 1.71. The quantitative estimate of drug-likeness (QED) is 0.657. The van der Waals surface area contributed by atoms with Crippen molar-refractivity contribution in [2.45, 2.75) is 13.5 Å². The molecule has 0 aliphatic heterocycles. The molecule has 0 saturated heterocycles. The van der Waals surface area contributed by atoms with E-state index in [0.29, 0.717) is 17.9 Å². The Kier molecular flexibility index (Phi) is 3.22. The Hall–Kier alpha value is -1.87. The zero-order valence-electron chi connectivity index (χ0n) is 10.5. The van der Waals surface area contributed by atoms with Crippen molar-refractivity contribution in [1.29, 1.82) is 0 Å². The van der Waals surface area contributed by atoms with Crippen LogP contribution in [0.2, 0.25) is 0 Å². The van der Waals surface area contributed by atoms with Crippen molar-refractivity contribution in [3.63, 3.8) is 0 Å². The van der Waals surface area contributed by atoms with Gasteiger partial charge in [-0.05, 0) is 47.5 Å². The van der Waals surface area contributed by atoms with Crippen molar-refractivity contribution in [1.82, 2.24) is 0 Å². The number of thiophene rings is 1. The van der Waals surface area contributed by atoms with E-state index in [0.717, 1.165) is 0 Å². The topological polar surface area (TPSA) is 9.23 Å². The van der Waals surface area contributed by atoms with E-state index in [1.807, 2.05) is 12.1 Å². The Morgan fingerprint density at radius 1 is 1.16 bits per heavy atom. The number of halogens is 1.